The number of carbonyl (C=O) groups is 2. The molecule has 26 heavy (non-hydrogen) atoms. The second kappa shape index (κ2) is 8.15. The predicted octanol–water partition coefficient (Wildman–Crippen LogP) is 2.42. The van der Waals surface area contributed by atoms with Crippen LogP contribution in [0, 0.1) is 5.82 Å². The predicted molar refractivity (Wildman–Crippen MR) is 96.8 cm³/mol. The first-order chi connectivity index (χ1) is 12.6. The van der Waals surface area contributed by atoms with Gasteiger partial charge in [0.2, 0.25) is 5.91 Å². The number of nitrogens with one attached hydrogen (secondary N) is 4. The molecule has 0 saturated carbocycles. The van der Waals surface area contributed by atoms with Crippen LogP contribution < -0.4 is 16.0 Å². The molecule has 0 aliphatic rings. The molecule has 0 radical (unpaired) electrons. The molecule has 3 rings (SSSR count). The third-order valence-corrected chi connectivity index (χ3v) is 3.84. The van der Waals surface area contributed by atoms with Crippen LogP contribution in [0.2, 0.25) is 0 Å². The van der Waals surface area contributed by atoms with Crippen molar-refractivity contribution in [2.24, 2.45) is 0 Å². The number of rotatable bonds is 6. The number of para-hydroxylation sites is 1. The molecule has 0 aliphatic carbocycles. The number of H-pyrrole nitrogens is 1. The highest BCUT2D eigenvalue weighted by Gasteiger charge is 2.06. The number of hydrogen-bond donors (Lipinski definition) is 4. The Morgan fingerprint density at radius 1 is 0.923 bits per heavy atom. The zero-order chi connectivity index (χ0) is 18.4. The van der Waals surface area contributed by atoms with Gasteiger partial charge < -0.3 is 20.9 Å². The zero-order valence-electron chi connectivity index (χ0n) is 14.0. The average Bonchev–Trinajstić information content (AvgIpc) is 3.07. The van der Waals surface area contributed by atoms with Gasteiger partial charge in [-0.1, -0.05) is 30.3 Å². The lowest BCUT2D eigenvalue weighted by atomic mass is 10.2. The lowest BCUT2D eigenvalue weighted by molar-refractivity contribution is -0.120. The maximum absolute atomic E-state index is 12.8. The summed E-state index contributed by atoms with van der Waals surface area (Å²) in [5.74, 6) is -0.620. The van der Waals surface area contributed by atoms with Crippen LogP contribution in [0.3, 0.4) is 0 Å². The maximum atomic E-state index is 12.8. The number of hydrogen-bond acceptors (Lipinski definition) is 2. The summed E-state index contributed by atoms with van der Waals surface area (Å²) >= 11 is 0. The van der Waals surface area contributed by atoms with Crippen LogP contribution in [0.5, 0.6) is 0 Å². The summed E-state index contributed by atoms with van der Waals surface area (Å²) in [5, 5.41) is 8.91. The number of halogens is 1. The Kier molecular flexibility index (Phi) is 5.48. The lowest BCUT2D eigenvalue weighted by Gasteiger charge is -2.08. The molecule has 0 bridgehead atoms. The molecule has 7 heteroatoms. The Balaban J connectivity index is 1.37. The molecule has 0 spiro atoms. The van der Waals surface area contributed by atoms with Crippen molar-refractivity contribution in [1.82, 2.24) is 20.9 Å². The summed E-state index contributed by atoms with van der Waals surface area (Å²) < 4.78 is 12.8. The van der Waals surface area contributed by atoms with Gasteiger partial charge in [-0.15, -0.1) is 0 Å². The van der Waals surface area contributed by atoms with Crippen LogP contribution in [0.15, 0.2) is 54.6 Å². The molecule has 1 aromatic heterocycles. The van der Waals surface area contributed by atoms with Crippen molar-refractivity contribution in [3.05, 3.63) is 71.7 Å². The van der Waals surface area contributed by atoms with Crippen LogP contribution in [0.25, 0.3) is 10.9 Å². The van der Waals surface area contributed by atoms with E-state index in [2.05, 4.69) is 20.9 Å². The average molecular weight is 354 g/mol. The van der Waals surface area contributed by atoms with Gasteiger partial charge in [0.1, 0.15) is 5.82 Å². The highest BCUT2D eigenvalue weighted by Crippen LogP contribution is 2.14. The van der Waals surface area contributed by atoms with Crippen molar-refractivity contribution >= 4 is 22.8 Å². The minimum absolute atomic E-state index is 0.129. The Morgan fingerprint density at radius 2 is 1.69 bits per heavy atom. The Bertz CT molecular complexity index is 872. The van der Waals surface area contributed by atoms with E-state index >= 15 is 0 Å². The highest BCUT2D eigenvalue weighted by atomic mass is 19.1. The Hall–Kier alpha value is -3.35. The summed E-state index contributed by atoms with van der Waals surface area (Å²) in [7, 11) is 0. The summed E-state index contributed by atoms with van der Waals surface area (Å²) in [6.07, 6.45) is 0. The lowest BCUT2D eigenvalue weighted by Crippen LogP contribution is -2.41. The van der Waals surface area contributed by atoms with Crippen LogP contribution in [-0.4, -0.2) is 23.5 Å². The van der Waals surface area contributed by atoms with Crippen molar-refractivity contribution in [2.75, 3.05) is 6.54 Å². The van der Waals surface area contributed by atoms with E-state index in [1.54, 1.807) is 12.1 Å². The molecule has 3 amide bonds. The molecule has 3 aromatic rings. The van der Waals surface area contributed by atoms with E-state index in [1.807, 2.05) is 30.3 Å². The monoisotopic (exact) mass is 354 g/mol. The zero-order valence-corrected chi connectivity index (χ0v) is 14.0. The van der Waals surface area contributed by atoms with E-state index in [1.165, 1.54) is 12.1 Å². The molecule has 0 aliphatic heterocycles. The van der Waals surface area contributed by atoms with Crippen molar-refractivity contribution in [1.29, 1.82) is 0 Å². The standard InChI is InChI=1S/C19H19FN4O2/c20-15-7-5-13(6-8-15)10-22-19(26)23-12-18(25)21-11-16-9-14-3-1-2-4-17(14)24-16/h1-9,24H,10-12H2,(H,21,25)(H2,22,23,26). The number of benzene rings is 2. The number of aromatic nitrogens is 1. The van der Waals surface area contributed by atoms with Crippen molar-refractivity contribution < 1.29 is 14.0 Å². The van der Waals surface area contributed by atoms with Crippen molar-refractivity contribution in [3.63, 3.8) is 0 Å². The first-order valence-electron chi connectivity index (χ1n) is 8.19. The van der Waals surface area contributed by atoms with Gasteiger partial charge in [0.05, 0.1) is 13.1 Å². The number of amides is 3. The molecule has 4 N–H and O–H groups in total. The van der Waals surface area contributed by atoms with Gasteiger partial charge in [0.15, 0.2) is 0 Å². The molecule has 6 nitrogen and oxygen atoms in total. The molecule has 0 unspecified atom stereocenters. The van der Waals surface area contributed by atoms with Gasteiger partial charge in [0.25, 0.3) is 0 Å². The summed E-state index contributed by atoms with van der Waals surface area (Å²) in [5.41, 5.74) is 2.67. The van der Waals surface area contributed by atoms with Gasteiger partial charge in [-0.05, 0) is 35.2 Å². The number of carbonyl (C=O) groups excluding carboxylic acids is 2. The van der Waals surface area contributed by atoms with E-state index < -0.39 is 6.03 Å². The summed E-state index contributed by atoms with van der Waals surface area (Å²) in [6.45, 7) is 0.477. The molecule has 2 aromatic carbocycles. The van der Waals surface area contributed by atoms with E-state index in [4.69, 9.17) is 0 Å². The van der Waals surface area contributed by atoms with E-state index in [9.17, 15) is 14.0 Å². The van der Waals surface area contributed by atoms with Gasteiger partial charge in [-0.2, -0.15) is 0 Å². The van der Waals surface area contributed by atoms with E-state index in [0.29, 0.717) is 6.54 Å². The van der Waals surface area contributed by atoms with Gasteiger partial charge in [0, 0.05) is 17.8 Å². The Morgan fingerprint density at radius 3 is 2.46 bits per heavy atom. The smallest absolute Gasteiger partial charge is 0.315 e. The quantitative estimate of drug-likeness (QED) is 0.548. The maximum Gasteiger partial charge on any atom is 0.315 e. The number of aromatic amines is 1. The van der Waals surface area contributed by atoms with Crippen LogP contribution in [-0.2, 0) is 17.9 Å². The Labute approximate surface area is 149 Å². The second-order valence-electron chi connectivity index (χ2n) is 5.82. The first kappa shape index (κ1) is 17.5. The second-order valence-corrected chi connectivity index (χ2v) is 5.82. The fourth-order valence-corrected chi connectivity index (χ4v) is 2.49. The normalized spacial score (nSPS) is 10.5. The third kappa shape index (κ3) is 4.83. The number of fused-ring (bicyclic) bond motifs is 1. The van der Waals surface area contributed by atoms with Crippen molar-refractivity contribution in [2.45, 2.75) is 13.1 Å². The van der Waals surface area contributed by atoms with Gasteiger partial charge in [-0.25, -0.2) is 9.18 Å². The summed E-state index contributed by atoms with van der Waals surface area (Å²) in [4.78, 5) is 26.8. The fraction of sp³-hybridized carbons (Fsp3) is 0.158. The van der Waals surface area contributed by atoms with Gasteiger partial charge >= 0.3 is 6.03 Å². The highest BCUT2D eigenvalue weighted by molar-refractivity contribution is 5.84. The molecule has 0 atom stereocenters. The molecule has 1 heterocycles. The topological polar surface area (TPSA) is 86.0 Å². The molecular formula is C19H19FN4O2. The minimum atomic E-state index is -0.463. The first-order valence-corrected chi connectivity index (χ1v) is 8.19. The van der Waals surface area contributed by atoms with E-state index in [-0.39, 0.29) is 24.8 Å². The van der Waals surface area contributed by atoms with Gasteiger partial charge in [-0.3, -0.25) is 4.79 Å². The molecule has 0 fully saturated rings. The molecule has 0 saturated heterocycles. The summed E-state index contributed by atoms with van der Waals surface area (Å²) in [6, 6.07) is 15.2. The number of urea groups is 1. The van der Waals surface area contributed by atoms with Crippen LogP contribution >= 0.6 is 0 Å². The van der Waals surface area contributed by atoms with Crippen LogP contribution in [0.1, 0.15) is 11.3 Å². The third-order valence-electron chi connectivity index (χ3n) is 3.84. The van der Waals surface area contributed by atoms with Crippen LogP contribution in [0.4, 0.5) is 9.18 Å². The van der Waals surface area contributed by atoms with Crippen molar-refractivity contribution in [3.8, 4) is 0 Å². The molecular weight excluding hydrogens is 335 g/mol. The largest absolute Gasteiger partial charge is 0.357 e. The molecule has 134 valence electrons. The van der Waals surface area contributed by atoms with E-state index in [0.717, 1.165) is 22.2 Å². The SMILES string of the molecule is O=C(CNC(=O)NCc1ccc(F)cc1)NCc1cc2ccccc2[nH]1. The minimum Gasteiger partial charge on any atom is -0.357 e. The fourth-order valence-electron chi connectivity index (χ4n) is 2.49.